The molecule has 0 aliphatic heterocycles. The van der Waals surface area contributed by atoms with E-state index < -0.39 is 27.0 Å². The van der Waals surface area contributed by atoms with Crippen molar-refractivity contribution in [2.24, 2.45) is 5.92 Å². The molecule has 92 valence electrons. The average Bonchev–Trinajstić information content (AvgIpc) is 2.80. The zero-order valence-electron chi connectivity index (χ0n) is 9.24. The number of aliphatic carboxylic acids is 1. The quantitative estimate of drug-likeness (QED) is 0.891. The van der Waals surface area contributed by atoms with Gasteiger partial charge in [-0.3, -0.25) is 4.79 Å². The molecule has 1 N–H and O–H groups in total. The van der Waals surface area contributed by atoms with Crippen molar-refractivity contribution in [3.05, 3.63) is 30.3 Å². The first-order valence-corrected chi connectivity index (χ1v) is 7.10. The minimum absolute atomic E-state index is 0.221. The molecule has 2 atom stereocenters. The van der Waals surface area contributed by atoms with Crippen molar-refractivity contribution in [1.29, 1.82) is 0 Å². The molecule has 0 heterocycles. The van der Waals surface area contributed by atoms with Crippen LogP contribution in [0.25, 0.3) is 0 Å². The van der Waals surface area contributed by atoms with E-state index in [1.165, 1.54) is 12.1 Å². The van der Waals surface area contributed by atoms with E-state index in [0.29, 0.717) is 19.3 Å². The Morgan fingerprint density at radius 1 is 1.18 bits per heavy atom. The molecule has 0 bridgehead atoms. The summed E-state index contributed by atoms with van der Waals surface area (Å²) in [7, 11) is -3.51. The molecule has 17 heavy (non-hydrogen) atoms. The van der Waals surface area contributed by atoms with Crippen LogP contribution < -0.4 is 0 Å². The van der Waals surface area contributed by atoms with Crippen LogP contribution in [0, 0.1) is 5.92 Å². The standard InChI is InChI=1S/C12H14O4S/c13-12(14)10-7-4-8-11(10)17(15,16)9-5-2-1-3-6-9/h1-3,5-6,10-11H,4,7-8H2,(H,13,14). The Labute approximate surface area is 100 Å². The molecule has 1 aliphatic rings. The van der Waals surface area contributed by atoms with Crippen LogP contribution in [0.3, 0.4) is 0 Å². The molecule has 4 nitrogen and oxygen atoms in total. The second-order valence-corrected chi connectivity index (χ2v) is 6.44. The molecule has 1 saturated carbocycles. The molecule has 2 unspecified atom stereocenters. The topological polar surface area (TPSA) is 71.4 Å². The Morgan fingerprint density at radius 2 is 1.82 bits per heavy atom. The summed E-state index contributed by atoms with van der Waals surface area (Å²) in [5, 5.41) is 8.25. The third-order valence-electron chi connectivity index (χ3n) is 3.24. The van der Waals surface area contributed by atoms with E-state index in [2.05, 4.69) is 0 Å². The first-order chi connectivity index (χ1) is 8.03. The fourth-order valence-electron chi connectivity index (χ4n) is 2.36. The normalized spacial score (nSPS) is 24.7. The highest BCUT2D eigenvalue weighted by Crippen LogP contribution is 2.34. The molecule has 0 spiro atoms. The van der Waals surface area contributed by atoms with E-state index in [1.807, 2.05) is 0 Å². The zero-order chi connectivity index (χ0) is 12.5. The summed E-state index contributed by atoms with van der Waals surface area (Å²) in [6.07, 6.45) is 1.55. The van der Waals surface area contributed by atoms with Crippen molar-refractivity contribution in [3.8, 4) is 0 Å². The van der Waals surface area contributed by atoms with Crippen LogP contribution in [0.4, 0.5) is 0 Å². The maximum Gasteiger partial charge on any atom is 0.307 e. The molecular formula is C12H14O4S. The monoisotopic (exact) mass is 254 g/mol. The number of carboxylic acid groups (broad SMARTS) is 1. The summed E-state index contributed by atoms with van der Waals surface area (Å²) in [5.41, 5.74) is 0. The highest BCUT2D eigenvalue weighted by atomic mass is 32.2. The number of hydrogen-bond acceptors (Lipinski definition) is 3. The van der Waals surface area contributed by atoms with E-state index in [1.54, 1.807) is 18.2 Å². The molecule has 2 rings (SSSR count). The van der Waals surface area contributed by atoms with E-state index in [-0.39, 0.29) is 4.90 Å². The van der Waals surface area contributed by atoms with Crippen LogP contribution in [0.15, 0.2) is 35.2 Å². The summed E-state index contributed by atoms with van der Waals surface area (Å²) in [5.74, 6) is -1.77. The molecule has 0 radical (unpaired) electrons. The van der Waals surface area contributed by atoms with Crippen molar-refractivity contribution >= 4 is 15.8 Å². The average molecular weight is 254 g/mol. The minimum Gasteiger partial charge on any atom is -0.481 e. The molecule has 0 amide bonds. The molecular weight excluding hydrogens is 240 g/mol. The zero-order valence-corrected chi connectivity index (χ0v) is 10.1. The molecule has 1 aromatic carbocycles. The lowest BCUT2D eigenvalue weighted by atomic mass is 10.1. The van der Waals surface area contributed by atoms with E-state index in [0.717, 1.165) is 0 Å². The third-order valence-corrected chi connectivity index (χ3v) is 5.53. The molecule has 1 fully saturated rings. The van der Waals surface area contributed by atoms with Crippen molar-refractivity contribution < 1.29 is 18.3 Å². The van der Waals surface area contributed by atoms with E-state index in [4.69, 9.17) is 5.11 Å². The predicted molar refractivity (Wildman–Crippen MR) is 62.4 cm³/mol. The van der Waals surface area contributed by atoms with Crippen molar-refractivity contribution in [3.63, 3.8) is 0 Å². The van der Waals surface area contributed by atoms with Crippen molar-refractivity contribution in [2.45, 2.75) is 29.4 Å². The third kappa shape index (κ3) is 2.20. The Hall–Kier alpha value is -1.36. The highest BCUT2D eigenvalue weighted by molar-refractivity contribution is 7.92. The molecule has 0 saturated heterocycles. The van der Waals surface area contributed by atoms with Gasteiger partial charge in [-0.1, -0.05) is 24.6 Å². The fourth-order valence-corrected chi connectivity index (χ4v) is 4.41. The second-order valence-electron chi connectivity index (χ2n) is 4.27. The maximum absolute atomic E-state index is 12.3. The Kier molecular flexibility index (Phi) is 3.19. The van der Waals surface area contributed by atoms with Gasteiger partial charge in [-0.2, -0.15) is 0 Å². The van der Waals surface area contributed by atoms with Crippen molar-refractivity contribution in [2.75, 3.05) is 0 Å². The summed E-state index contributed by atoms with van der Waals surface area (Å²) < 4.78 is 24.6. The van der Waals surface area contributed by atoms with E-state index >= 15 is 0 Å². The van der Waals surface area contributed by atoms with Crippen molar-refractivity contribution in [1.82, 2.24) is 0 Å². The molecule has 0 aromatic heterocycles. The lowest BCUT2D eigenvalue weighted by Gasteiger charge is -2.16. The van der Waals surface area contributed by atoms with Gasteiger partial charge in [0.05, 0.1) is 16.1 Å². The van der Waals surface area contributed by atoms with Crippen LogP contribution >= 0.6 is 0 Å². The van der Waals surface area contributed by atoms with Gasteiger partial charge in [0.25, 0.3) is 0 Å². The minimum atomic E-state index is -3.51. The number of rotatable bonds is 3. The largest absolute Gasteiger partial charge is 0.481 e. The number of hydrogen-bond donors (Lipinski definition) is 1. The van der Waals surface area contributed by atoms with Crippen LogP contribution in [0.2, 0.25) is 0 Å². The van der Waals surface area contributed by atoms with Gasteiger partial charge in [-0.05, 0) is 25.0 Å². The fraction of sp³-hybridized carbons (Fsp3) is 0.417. The predicted octanol–water partition coefficient (Wildman–Crippen LogP) is 1.71. The number of sulfone groups is 1. The maximum atomic E-state index is 12.3. The van der Waals surface area contributed by atoms with Crippen LogP contribution in [-0.4, -0.2) is 24.7 Å². The van der Waals surface area contributed by atoms with Gasteiger partial charge in [-0.15, -0.1) is 0 Å². The SMILES string of the molecule is O=C(O)C1CCCC1S(=O)(=O)c1ccccc1. The molecule has 1 aliphatic carbocycles. The highest BCUT2D eigenvalue weighted by Gasteiger charge is 2.42. The smallest absolute Gasteiger partial charge is 0.307 e. The number of carbonyl (C=O) groups is 1. The van der Waals surface area contributed by atoms with Crippen LogP contribution in [0.1, 0.15) is 19.3 Å². The van der Waals surface area contributed by atoms with E-state index in [9.17, 15) is 13.2 Å². The summed E-state index contributed by atoms with van der Waals surface area (Å²) in [6.45, 7) is 0. The first kappa shape index (κ1) is 12.1. The van der Waals surface area contributed by atoms with Crippen LogP contribution in [0.5, 0.6) is 0 Å². The first-order valence-electron chi connectivity index (χ1n) is 5.55. The van der Waals surface area contributed by atoms with Gasteiger partial charge in [0.2, 0.25) is 0 Å². The number of benzene rings is 1. The summed E-state index contributed by atoms with van der Waals surface area (Å²) >= 11 is 0. The Bertz CT molecular complexity index is 507. The molecule has 5 heteroatoms. The van der Waals surface area contributed by atoms with Gasteiger partial charge in [0.1, 0.15) is 0 Å². The van der Waals surface area contributed by atoms with Gasteiger partial charge < -0.3 is 5.11 Å². The molecule has 1 aromatic rings. The van der Waals surface area contributed by atoms with Gasteiger partial charge in [0, 0.05) is 0 Å². The second kappa shape index (κ2) is 4.49. The van der Waals surface area contributed by atoms with Gasteiger partial charge in [-0.25, -0.2) is 8.42 Å². The Morgan fingerprint density at radius 3 is 2.41 bits per heavy atom. The summed E-state index contributed by atoms with van der Waals surface area (Å²) in [4.78, 5) is 11.2. The lowest BCUT2D eigenvalue weighted by Crippen LogP contribution is -2.30. The van der Waals surface area contributed by atoms with Gasteiger partial charge in [0.15, 0.2) is 9.84 Å². The lowest BCUT2D eigenvalue weighted by molar-refractivity contribution is -0.141. The van der Waals surface area contributed by atoms with Crippen LogP contribution in [-0.2, 0) is 14.6 Å². The summed E-state index contributed by atoms with van der Waals surface area (Å²) in [6, 6.07) is 8.08. The number of carboxylic acids is 1. The van der Waals surface area contributed by atoms with Gasteiger partial charge >= 0.3 is 5.97 Å². The Balaban J connectivity index is 2.37.